The van der Waals surface area contributed by atoms with Crippen molar-refractivity contribution in [2.75, 3.05) is 13.7 Å². The number of aliphatic hydroxyl groups excluding tert-OH is 1. The molecule has 84 valence electrons. The lowest BCUT2D eigenvalue weighted by molar-refractivity contribution is 0.264. The number of hydrogen-bond acceptors (Lipinski definition) is 3. The quantitative estimate of drug-likeness (QED) is 0.786. The van der Waals surface area contributed by atoms with Gasteiger partial charge in [0, 0.05) is 5.56 Å². The van der Waals surface area contributed by atoms with E-state index >= 15 is 0 Å². The van der Waals surface area contributed by atoms with Crippen LogP contribution in [0, 0.1) is 11.6 Å². The molecule has 1 aromatic carbocycles. The molecule has 0 aliphatic carbocycles. The highest BCUT2D eigenvalue weighted by molar-refractivity contribution is 6.32. The van der Waals surface area contributed by atoms with Crippen molar-refractivity contribution >= 4 is 11.6 Å². The molecule has 6 heteroatoms. The van der Waals surface area contributed by atoms with Gasteiger partial charge in [0.25, 0.3) is 0 Å². The van der Waals surface area contributed by atoms with Gasteiger partial charge in [0.05, 0.1) is 19.8 Å². The van der Waals surface area contributed by atoms with Crippen molar-refractivity contribution in [3.8, 4) is 5.75 Å². The van der Waals surface area contributed by atoms with Crippen molar-refractivity contribution < 1.29 is 18.6 Å². The number of ether oxygens (including phenoxy) is 1. The molecule has 0 saturated carbocycles. The first-order valence-corrected chi connectivity index (χ1v) is 4.48. The summed E-state index contributed by atoms with van der Waals surface area (Å²) in [7, 11) is 1.26. The molecule has 3 nitrogen and oxygen atoms in total. The standard InChI is InChI=1S/C9H10ClF2NO2/c1-15-9-4(6(13)3-14)2-5(11)8(12)7(9)10/h2,6,14H,3,13H2,1H3. The molecule has 0 aromatic heterocycles. The van der Waals surface area contributed by atoms with Crippen LogP contribution in [-0.4, -0.2) is 18.8 Å². The summed E-state index contributed by atoms with van der Waals surface area (Å²) >= 11 is 5.53. The molecule has 0 amide bonds. The maximum absolute atomic E-state index is 13.0. The molecule has 0 aliphatic heterocycles. The molecule has 0 fully saturated rings. The zero-order chi connectivity index (χ0) is 11.6. The van der Waals surface area contributed by atoms with Gasteiger partial charge in [0.15, 0.2) is 11.6 Å². The van der Waals surface area contributed by atoms with Crippen molar-refractivity contribution in [3.63, 3.8) is 0 Å². The minimum atomic E-state index is -1.19. The lowest BCUT2D eigenvalue weighted by Gasteiger charge is -2.15. The maximum atomic E-state index is 13.0. The highest BCUT2D eigenvalue weighted by Gasteiger charge is 2.21. The number of rotatable bonds is 3. The molecule has 0 aliphatic rings. The second kappa shape index (κ2) is 4.74. The highest BCUT2D eigenvalue weighted by atomic mass is 35.5. The molecule has 1 unspecified atom stereocenters. The Labute approximate surface area is 90.4 Å². The van der Waals surface area contributed by atoms with E-state index in [9.17, 15) is 8.78 Å². The van der Waals surface area contributed by atoms with E-state index < -0.39 is 29.3 Å². The van der Waals surface area contributed by atoms with Gasteiger partial charge >= 0.3 is 0 Å². The summed E-state index contributed by atoms with van der Waals surface area (Å²) in [4.78, 5) is 0. The number of aliphatic hydroxyl groups is 1. The average molecular weight is 238 g/mol. The SMILES string of the molecule is COc1c(C(N)CO)cc(F)c(F)c1Cl. The molecular formula is C9H10ClF2NO2. The Morgan fingerprint density at radius 1 is 1.60 bits per heavy atom. The Bertz CT molecular complexity index is 374. The lowest BCUT2D eigenvalue weighted by Crippen LogP contribution is -2.16. The van der Waals surface area contributed by atoms with Crippen molar-refractivity contribution in [1.82, 2.24) is 0 Å². The van der Waals surface area contributed by atoms with E-state index in [2.05, 4.69) is 0 Å². The fourth-order valence-corrected chi connectivity index (χ4v) is 1.45. The lowest BCUT2D eigenvalue weighted by atomic mass is 10.1. The first-order valence-electron chi connectivity index (χ1n) is 4.10. The molecule has 1 rings (SSSR count). The van der Waals surface area contributed by atoms with Crippen molar-refractivity contribution in [3.05, 3.63) is 28.3 Å². The Balaban J connectivity index is 3.38. The van der Waals surface area contributed by atoms with Crippen LogP contribution in [0.3, 0.4) is 0 Å². The van der Waals surface area contributed by atoms with E-state index in [1.165, 1.54) is 7.11 Å². The predicted molar refractivity (Wildman–Crippen MR) is 51.9 cm³/mol. The van der Waals surface area contributed by atoms with Gasteiger partial charge < -0.3 is 15.6 Å². The molecule has 1 atom stereocenters. The number of benzene rings is 1. The van der Waals surface area contributed by atoms with Gasteiger partial charge in [-0.15, -0.1) is 0 Å². The average Bonchev–Trinajstić information content (AvgIpc) is 2.24. The second-order valence-corrected chi connectivity index (χ2v) is 3.28. The van der Waals surface area contributed by atoms with Crippen molar-refractivity contribution in [1.29, 1.82) is 0 Å². The van der Waals surface area contributed by atoms with Gasteiger partial charge in [-0.25, -0.2) is 8.78 Å². The number of nitrogens with two attached hydrogens (primary N) is 1. The van der Waals surface area contributed by atoms with Crippen LogP contribution in [-0.2, 0) is 0 Å². The zero-order valence-electron chi connectivity index (χ0n) is 7.93. The minimum absolute atomic E-state index is 0.0582. The third-order valence-electron chi connectivity index (χ3n) is 1.95. The summed E-state index contributed by atoms with van der Waals surface area (Å²) in [5.74, 6) is -2.38. The summed E-state index contributed by atoms with van der Waals surface area (Å²) in [5.41, 5.74) is 5.61. The highest BCUT2D eigenvalue weighted by Crippen LogP contribution is 2.35. The summed E-state index contributed by atoms with van der Waals surface area (Å²) in [6.07, 6.45) is 0. The fourth-order valence-electron chi connectivity index (χ4n) is 1.18. The molecule has 0 bridgehead atoms. The topological polar surface area (TPSA) is 55.5 Å². The van der Waals surface area contributed by atoms with Crippen LogP contribution in [0.4, 0.5) is 8.78 Å². The zero-order valence-corrected chi connectivity index (χ0v) is 8.68. The van der Waals surface area contributed by atoms with Crippen LogP contribution in [0.25, 0.3) is 0 Å². The molecular weight excluding hydrogens is 228 g/mol. The van der Waals surface area contributed by atoms with E-state index in [0.29, 0.717) is 0 Å². The normalized spacial score (nSPS) is 12.7. The number of halogens is 3. The van der Waals surface area contributed by atoms with Crippen LogP contribution >= 0.6 is 11.6 Å². The van der Waals surface area contributed by atoms with Gasteiger partial charge in [-0.1, -0.05) is 11.6 Å². The minimum Gasteiger partial charge on any atom is -0.495 e. The van der Waals surface area contributed by atoms with E-state index in [1.807, 2.05) is 0 Å². The third kappa shape index (κ3) is 2.19. The molecule has 3 N–H and O–H groups in total. The first kappa shape index (κ1) is 12.2. The van der Waals surface area contributed by atoms with Crippen LogP contribution in [0.1, 0.15) is 11.6 Å². The summed E-state index contributed by atoms with van der Waals surface area (Å²) in [6.45, 7) is -0.419. The van der Waals surface area contributed by atoms with Gasteiger partial charge in [0.2, 0.25) is 0 Å². The molecule has 0 heterocycles. The van der Waals surface area contributed by atoms with Gasteiger partial charge in [-0.2, -0.15) is 0 Å². The molecule has 0 saturated heterocycles. The van der Waals surface area contributed by atoms with Crippen LogP contribution in [0.2, 0.25) is 5.02 Å². The molecule has 0 radical (unpaired) electrons. The van der Waals surface area contributed by atoms with Gasteiger partial charge in [0.1, 0.15) is 10.8 Å². The molecule has 1 aromatic rings. The van der Waals surface area contributed by atoms with E-state index in [4.69, 9.17) is 27.2 Å². The van der Waals surface area contributed by atoms with Crippen molar-refractivity contribution in [2.24, 2.45) is 5.73 Å². The van der Waals surface area contributed by atoms with E-state index in [-0.39, 0.29) is 11.3 Å². The Hall–Kier alpha value is -0.910. The fraction of sp³-hybridized carbons (Fsp3) is 0.333. The van der Waals surface area contributed by atoms with E-state index in [1.54, 1.807) is 0 Å². The monoisotopic (exact) mass is 237 g/mol. The number of hydrogen-bond donors (Lipinski definition) is 2. The van der Waals surface area contributed by atoms with Crippen molar-refractivity contribution in [2.45, 2.75) is 6.04 Å². The van der Waals surface area contributed by atoms with E-state index in [0.717, 1.165) is 6.07 Å². The summed E-state index contributed by atoms with van der Waals surface area (Å²) in [5, 5.41) is 8.34. The van der Waals surface area contributed by atoms with Crippen LogP contribution < -0.4 is 10.5 Å². The van der Waals surface area contributed by atoms with Gasteiger partial charge in [-0.3, -0.25) is 0 Å². The first-order chi connectivity index (χ1) is 7.02. The Morgan fingerprint density at radius 2 is 2.20 bits per heavy atom. The summed E-state index contributed by atoms with van der Waals surface area (Å²) < 4.78 is 30.8. The Morgan fingerprint density at radius 3 is 2.67 bits per heavy atom. The smallest absolute Gasteiger partial charge is 0.181 e. The molecule has 0 spiro atoms. The predicted octanol–water partition coefficient (Wildman–Crippen LogP) is 1.62. The second-order valence-electron chi connectivity index (χ2n) is 2.90. The largest absolute Gasteiger partial charge is 0.495 e. The Kier molecular flexibility index (Phi) is 3.84. The molecule has 15 heavy (non-hydrogen) atoms. The van der Waals surface area contributed by atoms with Gasteiger partial charge in [-0.05, 0) is 6.07 Å². The summed E-state index contributed by atoms with van der Waals surface area (Å²) in [6, 6.07) is -0.00597. The van der Waals surface area contributed by atoms with Crippen LogP contribution in [0.15, 0.2) is 6.07 Å². The maximum Gasteiger partial charge on any atom is 0.181 e. The number of methoxy groups -OCH3 is 1. The van der Waals surface area contributed by atoms with Crippen LogP contribution in [0.5, 0.6) is 5.75 Å². The third-order valence-corrected chi connectivity index (χ3v) is 2.28.